The third kappa shape index (κ3) is 3.93. The molecule has 0 radical (unpaired) electrons. The zero-order valence-corrected chi connectivity index (χ0v) is 14.7. The first kappa shape index (κ1) is 16.5. The number of halogens is 2. The van der Waals surface area contributed by atoms with Crippen LogP contribution in [-0.4, -0.2) is 15.2 Å². The Bertz CT molecular complexity index is 883. The number of aryl methyl sites for hydroxylation is 2. The van der Waals surface area contributed by atoms with Crippen LogP contribution in [0.25, 0.3) is 0 Å². The van der Waals surface area contributed by atoms with Crippen molar-refractivity contribution >= 4 is 46.3 Å². The average Bonchev–Trinajstić information content (AvgIpc) is 2.55. The summed E-state index contributed by atoms with van der Waals surface area (Å²) in [5, 5.41) is 15.3. The molecule has 0 atom stereocenters. The lowest BCUT2D eigenvalue weighted by atomic mass is 10.1. The molecule has 0 bridgehead atoms. The highest BCUT2D eigenvalue weighted by Crippen LogP contribution is 2.26. The van der Waals surface area contributed by atoms with Gasteiger partial charge in [-0.05, 0) is 49.2 Å². The number of hydrogen-bond acceptors (Lipinski definition) is 5. The molecule has 5 nitrogen and oxygen atoms in total. The monoisotopic (exact) mass is 359 g/mol. The summed E-state index contributed by atoms with van der Waals surface area (Å²) in [4.78, 5) is 4.41. The smallest absolute Gasteiger partial charge is 0.249 e. The predicted molar refractivity (Wildman–Crippen MR) is 98.8 cm³/mol. The van der Waals surface area contributed by atoms with Crippen LogP contribution in [0.5, 0.6) is 0 Å². The van der Waals surface area contributed by atoms with Crippen molar-refractivity contribution in [1.82, 2.24) is 15.2 Å². The zero-order valence-electron chi connectivity index (χ0n) is 13.1. The third-order valence-corrected chi connectivity index (χ3v) is 4.13. The van der Waals surface area contributed by atoms with Crippen LogP contribution in [0.15, 0.2) is 42.6 Å². The first-order valence-corrected chi connectivity index (χ1v) is 8.03. The minimum atomic E-state index is 0.411. The molecule has 3 rings (SSSR count). The van der Waals surface area contributed by atoms with Crippen LogP contribution in [0.4, 0.5) is 23.1 Å². The molecule has 3 aromatic rings. The SMILES string of the molecule is Cc1ccc(C)c(Nc2nncc(Nc3ccc(Cl)c(Cl)c3)n2)c1. The second kappa shape index (κ2) is 7.03. The summed E-state index contributed by atoms with van der Waals surface area (Å²) < 4.78 is 0. The Kier molecular flexibility index (Phi) is 4.83. The molecule has 0 amide bonds. The molecule has 0 fully saturated rings. The van der Waals surface area contributed by atoms with E-state index in [4.69, 9.17) is 23.2 Å². The summed E-state index contributed by atoms with van der Waals surface area (Å²) in [6.45, 7) is 4.05. The maximum absolute atomic E-state index is 6.02. The highest BCUT2D eigenvalue weighted by molar-refractivity contribution is 6.42. The number of nitrogens with one attached hydrogen (secondary N) is 2. The Labute approximate surface area is 150 Å². The van der Waals surface area contributed by atoms with E-state index >= 15 is 0 Å². The van der Waals surface area contributed by atoms with E-state index in [-0.39, 0.29) is 0 Å². The summed E-state index contributed by atoms with van der Waals surface area (Å²) in [7, 11) is 0. The van der Waals surface area contributed by atoms with Gasteiger partial charge in [0.2, 0.25) is 5.95 Å². The van der Waals surface area contributed by atoms with Crippen LogP contribution in [0.1, 0.15) is 11.1 Å². The van der Waals surface area contributed by atoms with E-state index < -0.39 is 0 Å². The Morgan fingerprint density at radius 3 is 2.54 bits per heavy atom. The van der Waals surface area contributed by atoms with Gasteiger partial charge in [0.25, 0.3) is 0 Å². The molecule has 1 heterocycles. The van der Waals surface area contributed by atoms with E-state index in [9.17, 15) is 0 Å². The van der Waals surface area contributed by atoms with Crippen LogP contribution in [0, 0.1) is 13.8 Å². The number of anilines is 4. The van der Waals surface area contributed by atoms with E-state index in [0.717, 1.165) is 22.5 Å². The van der Waals surface area contributed by atoms with E-state index in [1.54, 1.807) is 12.1 Å². The van der Waals surface area contributed by atoms with Gasteiger partial charge < -0.3 is 10.6 Å². The maximum Gasteiger partial charge on any atom is 0.249 e. The van der Waals surface area contributed by atoms with Crippen molar-refractivity contribution in [3.8, 4) is 0 Å². The highest BCUT2D eigenvalue weighted by atomic mass is 35.5. The third-order valence-electron chi connectivity index (χ3n) is 3.39. The molecule has 0 aliphatic rings. The van der Waals surface area contributed by atoms with Crippen LogP contribution in [0.3, 0.4) is 0 Å². The summed E-state index contributed by atoms with van der Waals surface area (Å²) in [6, 6.07) is 11.4. The standard InChI is InChI=1S/C17H15Cl2N5/c1-10-3-4-11(2)15(7-10)22-17-23-16(9-20-24-17)21-12-5-6-13(18)14(19)8-12/h3-9H,1-2H3,(H2,21,22,23,24). The minimum Gasteiger partial charge on any atom is -0.339 e. The summed E-state index contributed by atoms with van der Waals surface area (Å²) in [5.41, 5.74) is 3.97. The molecular formula is C17H15Cl2N5. The molecule has 7 heteroatoms. The lowest BCUT2D eigenvalue weighted by Crippen LogP contribution is -2.03. The number of nitrogens with zero attached hydrogens (tertiary/aromatic N) is 3. The van der Waals surface area contributed by atoms with Gasteiger partial charge in [-0.2, -0.15) is 10.1 Å². The van der Waals surface area contributed by atoms with Gasteiger partial charge in [0.05, 0.1) is 16.2 Å². The Hall–Kier alpha value is -2.37. The van der Waals surface area contributed by atoms with Gasteiger partial charge in [0.15, 0.2) is 5.82 Å². The Morgan fingerprint density at radius 2 is 1.75 bits per heavy atom. The van der Waals surface area contributed by atoms with Crippen molar-refractivity contribution < 1.29 is 0 Å². The molecule has 24 heavy (non-hydrogen) atoms. The van der Waals surface area contributed by atoms with Crippen molar-refractivity contribution in [3.63, 3.8) is 0 Å². The van der Waals surface area contributed by atoms with Crippen molar-refractivity contribution in [1.29, 1.82) is 0 Å². The van der Waals surface area contributed by atoms with Crippen LogP contribution < -0.4 is 10.6 Å². The quantitative estimate of drug-likeness (QED) is 0.663. The molecule has 0 saturated carbocycles. The predicted octanol–water partition coefficient (Wildman–Crippen LogP) is 5.28. The largest absolute Gasteiger partial charge is 0.339 e. The van der Waals surface area contributed by atoms with Gasteiger partial charge in [0, 0.05) is 11.4 Å². The first-order valence-electron chi connectivity index (χ1n) is 7.27. The molecule has 0 aliphatic carbocycles. The average molecular weight is 360 g/mol. The second-order valence-electron chi connectivity index (χ2n) is 5.36. The Balaban J connectivity index is 1.81. The number of hydrogen-bond donors (Lipinski definition) is 2. The van der Waals surface area contributed by atoms with E-state index in [0.29, 0.717) is 21.8 Å². The van der Waals surface area contributed by atoms with Gasteiger partial charge in [-0.15, -0.1) is 5.10 Å². The Morgan fingerprint density at radius 1 is 0.917 bits per heavy atom. The van der Waals surface area contributed by atoms with Gasteiger partial charge >= 0.3 is 0 Å². The molecule has 1 aromatic heterocycles. The fourth-order valence-corrected chi connectivity index (χ4v) is 2.43. The van der Waals surface area contributed by atoms with Crippen molar-refractivity contribution in [3.05, 3.63) is 63.8 Å². The second-order valence-corrected chi connectivity index (χ2v) is 6.18. The molecule has 0 unspecified atom stereocenters. The topological polar surface area (TPSA) is 62.7 Å². The molecule has 122 valence electrons. The summed E-state index contributed by atoms with van der Waals surface area (Å²) in [6.07, 6.45) is 1.54. The van der Waals surface area contributed by atoms with Crippen molar-refractivity contribution in [2.24, 2.45) is 0 Å². The number of rotatable bonds is 4. The minimum absolute atomic E-state index is 0.411. The normalized spacial score (nSPS) is 10.5. The van der Waals surface area contributed by atoms with Crippen molar-refractivity contribution in [2.75, 3.05) is 10.6 Å². The molecule has 0 spiro atoms. The fourth-order valence-electron chi connectivity index (χ4n) is 2.13. The zero-order chi connectivity index (χ0) is 17.1. The lowest BCUT2D eigenvalue weighted by Gasteiger charge is -2.10. The molecular weight excluding hydrogens is 345 g/mol. The van der Waals surface area contributed by atoms with E-state index in [1.165, 1.54) is 6.20 Å². The number of benzene rings is 2. The first-order chi connectivity index (χ1) is 11.5. The fraction of sp³-hybridized carbons (Fsp3) is 0.118. The van der Waals surface area contributed by atoms with Gasteiger partial charge in [-0.25, -0.2) is 0 Å². The highest BCUT2D eigenvalue weighted by Gasteiger charge is 2.05. The van der Waals surface area contributed by atoms with Crippen molar-refractivity contribution in [2.45, 2.75) is 13.8 Å². The van der Waals surface area contributed by atoms with Crippen LogP contribution >= 0.6 is 23.2 Å². The van der Waals surface area contributed by atoms with Crippen LogP contribution in [-0.2, 0) is 0 Å². The van der Waals surface area contributed by atoms with E-state index in [1.807, 2.05) is 32.0 Å². The van der Waals surface area contributed by atoms with Gasteiger partial charge in [-0.1, -0.05) is 35.3 Å². The molecule has 0 saturated heterocycles. The number of aromatic nitrogens is 3. The van der Waals surface area contributed by atoms with Gasteiger partial charge in [-0.3, -0.25) is 0 Å². The molecule has 2 N–H and O–H groups in total. The lowest BCUT2D eigenvalue weighted by molar-refractivity contribution is 0.981. The molecule has 2 aromatic carbocycles. The maximum atomic E-state index is 6.02. The van der Waals surface area contributed by atoms with Gasteiger partial charge in [0.1, 0.15) is 0 Å². The molecule has 0 aliphatic heterocycles. The van der Waals surface area contributed by atoms with E-state index in [2.05, 4.69) is 31.9 Å². The van der Waals surface area contributed by atoms with Crippen LogP contribution in [0.2, 0.25) is 10.0 Å². The summed E-state index contributed by atoms with van der Waals surface area (Å²) in [5.74, 6) is 0.963. The summed E-state index contributed by atoms with van der Waals surface area (Å²) >= 11 is 11.9.